The highest BCUT2D eigenvalue weighted by atomic mass is 16.5. The van der Waals surface area contributed by atoms with Crippen molar-refractivity contribution in [2.24, 2.45) is 11.8 Å². The Balaban J connectivity index is 1.58. The monoisotopic (exact) mass is 437 g/mol. The first-order valence-electron chi connectivity index (χ1n) is 10.8. The number of imide groups is 1. The third-order valence-corrected chi connectivity index (χ3v) is 7.40. The highest BCUT2D eigenvalue weighted by Gasteiger charge is 2.68. The van der Waals surface area contributed by atoms with Crippen molar-refractivity contribution in [2.45, 2.75) is 11.3 Å². The van der Waals surface area contributed by atoms with E-state index in [1.165, 1.54) is 13.2 Å². The molecule has 1 aliphatic heterocycles. The van der Waals surface area contributed by atoms with E-state index in [9.17, 15) is 19.2 Å². The fourth-order valence-corrected chi connectivity index (χ4v) is 6.17. The summed E-state index contributed by atoms with van der Waals surface area (Å²) in [6.07, 6.45) is 0.845. The van der Waals surface area contributed by atoms with Crippen molar-refractivity contribution in [1.82, 2.24) is 0 Å². The average molecular weight is 437 g/mol. The van der Waals surface area contributed by atoms with E-state index in [1.54, 1.807) is 18.2 Å². The van der Waals surface area contributed by atoms with Gasteiger partial charge in [0.15, 0.2) is 0 Å². The fourth-order valence-electron chi connectivity index (χ4n) is 6.17. The number of carbonyl (C=O) groups excluding carboxylic acids is 4. The van der Waals surface area contributed by atoms with Gasteiger partial charge in [-0.15, -0.1) is 0 Å². The lowest BCUT2D eigenvalue weighted by Gasteiger charge is -2.51. The van der Waals surface area contributed by atoms with E-state index in [0.717, 1.165) is 33.4 Å². The van der Waals surface area contributed by atoms with Gasteiger partial charge in [-0.1, -0.05) is 54.6 Å². The van der Waals surface area contributed by atoms with Crippen LogP contribution < -0.4 is 4.90 Å². The molecule has 6 heteroatoms. The van der Waals surface area contributed by atoms with Gasteiger partial charge in [0.25, 0.3) is 0 Å². The predicted molar refractivity (Wildman–Crippen MR) is 119 cm³/mol. The van der Waals surface area contributed by atoms with Gasteiger partial charge < -0.3 is 9.53 Å². The summed E-state index contributed by atoms with van der Waals surface area (Å²) in [5, 5.41) is 0. The molecule has 0 N–H and O–H groups in total. The molecule has 3 aliphatic carbocycles. The molecule has 2 amide bonds. The molecular formula is C27H19NO5. The number of amides is 2. The van der Waals surface area contributed by atoms with Crippen LogP contribution in [0.15, 0.2) is 72.8 Å². The Morgan fingerprint density at radius 3 is 2.15 bits per heavy atom. The smallest absolute Gasteiger partial charge is 0.337 e. The van der Waals surface area contributed by atoms with Gasteiger partial charge in [0.1, 0.15) is 6.29 Å². The molecule has 1 fully saturated rings. The molecule has 0 unspecified atom stereocenters. The zero-order valence-electron chi connectivity index (χ0n) is 17.7. The van der Waals surface area contributed by atoms with Crippen LogP contribution in [0.5, 0.6) is 0 Å². The van der Waals surface area contributed by atoms with E-state index in [2.05, 4.69) is 0 Å². The Kier molecular flexibility index (Phi) is 3.99. The number of esters is 1. The van der Waals surface area contributed by atoms with Crippen LogP contribution in [-0.2, 0) is 24.5 Å². The van der Waals surface area contributed by atoms with Crippen LogP contribution in [0.2, 0.25) is 0 Å². The zero-order chi connectivity index (χ0) is 22.9. The fraction of sp³-hybridized carbons (Fsp3) is 0.185. The summed E-state index contributed by atoms with van der Waals surface area (Å²) < 4.78 is 4.79. The van der Waals surface area contributed by atoms with Gasteiger partial charge in [0.2, 0.25) is 11.8 Å². The first-order valence-corrected chi connectivity index (χ1v) is 10.8. The van der Waals surface area contributed by atoms with E-state index in [1.807, 2.05) is 48.5 Å². The van der Waals surface area contributed by atoms with Gasteiger partial charge in [-0.3, -0.25) is 9.59 Å². The molecule has 0 spiro atoms. The van der Waals surface area contributed by atoms with E-state index in [4.69, 9.17) is 4.74 Å². The molecule has 0 aromatic heterocycles. The maximum Gasteiger partial charge on any atom is 0.337 e. The number of benzene rings is 3. The van der Waals surface area contributed by atoms with Gasteiger partial charge in [0.05, 0.1) is 35.6 Å². The molecule has 1 saturated heterocycles. The number of anilines is 1. The summed E-state index contributed by atoms with van der Waals surface area (Å²) in [4.78, 5) is 53.9. The Labute approximate surface area is 189 Å². The summed E-state index contributed by atoms with van der Waals surface area (Å²) in [6.45, 7) is 0. The summed E-state index contributed by atoms with van der Waals surface area (Å²) in [7, 11) is 1.27. The maximum atomic E-state index is 13.9. The van der Waals surface area contributed by atoms with Crippen molar-refractivity contribution >= 4 is 29.8 Å². The van der Waals surface area contributed by atoms with Crippen molar-refractivity contribution in [1.29, 1.82) is 0 Å². The van der Waals surface area contributed by atoms with Crippen molar-refractivity contribution in [3.8, 4) is 0 Å². The second-order valence-corrected chi connectivity index (χ2v) is 8.70. The van der Waals surface area contributed by atoms with Crippen LogP contribution in [0.25, 0.3) is 0 Å². The van der Waals surface area contributed by atoms with Crippen LogP contribution in [-0.4, -0.2) is 31.2 Å². The lowest BCUT2D eigenvalue weighted by molar-refractivity contribution is -0.128. The largest absolute Gasteiger partial charge is 0.465 e. The quantitative estimate of drug-likeness (QED) is 0.357. The molecule has 162 valence electrons. The molecule has 4 aliphatic rings. The zero-order valence-corrected chi connectivity index (χ0v) is 17.7. The summed E-state index contributed by atoms with van der Waals surface area (Å²) in [5.74, 6) is -3.21. The Hall–Kier alpha value is -4.06. The normalized spacial score (nSPS) is 26.5. The summed E-state index contributed by atoms with van der Waals surface area (Å²) >= 11 is 0. The SMILES string of the molecule is COC(=O)c1cccc(N2C(=O)[C@H]3C4c5ccccc5C(C=O)(c5ccccc54)[C@H]3C2=O)c1. The number of hydrogen-bond acceptors (Lipinski definition) is 5. The minimum atomic E-state index is -1.24. The lowest BCUT2D eigenvalue weighted by atomic mass is 9.48. The Bertz CT molecular complexity index is 1330. The van der Waals surface area contributed by atoms with E-state index in [0.29, 0.717) is 5.69 Å². The molecule has 0 radical (unpaired) electrons. The van der Waals surface area contributed by atoms with Crippen molar-refractivity contribution in [3.05, 3.63) is 101 Å². The van der Waals surface area contributed by atoms with Gasteiger partial charge in [-0.2, -0.15) is 0 Å². The molecule has 0 saturated carbocycles. The van der Waals surface area contributed by atoms with E-state index < -0.39 is 29.1 Å². The Morgan fingerprint density at radius 1 is 0.909 bits per heavy atom. The summed E-state index contributed by atoms with van der Waals surface area (Å²) in [5.41, 5.74) is 2.70. The Morgan fingerprint density at radius 2 is 1.55 bits per heavy atom. The molecular weight excluding hydrogens is 418 g/mol. The molecule has 1 heterocycles. The molecule has 33 heavy (non-hydrogen) atoms. The number of hydrogen-bond donors (Lipinski definition) is 0. The van der Waals surface area contributed by atoms with Gasteiger partial charge in [-0.25, -0.2) is 9.69 Å². The van der Waals surface area contributed by atoms with E-state index in [-0.39, 0.29) is 17.4 Å². The molecule has 2 bridgehead atoms. The molecule has 3 aromatic carbocycles. The maximum absolute atomic E-state index is 13.9. The third-order valence-electron chi connectivity index (χ3n) is 7.40. The first kappa shape index (κ1) is 19.6. The molecule has 6 nitrogen and oxygen atoms in total. The van der Waals surface area contributed by atoms with Crippen LogP contribution in [0.3, 0.4) is 0 Å². The standard InChI is InChI=1S/C27H19NO5/c1-33-26(32)15-7-6-8-16(13-15)28-24(30)22-21-17-9-2-4-11-19(17)27(14-29,23(22)25(28)31)20-12-5-3-10-18(20)21/h2-14,21-23H,1H3/t21?,22-,23+,27?/m0/s1. The highest BCUT2D eigenvalue weighted by molar-refractivity contribution is 6.25. The molecule has 3 aromatic rings. The first-order chi connectivity index (χ1) is 16.0. The minimum absolute atomic E-state index is 0.241. The third kappa shape index (κ3) is 2.27. The van der Waals surface area contributed by atoms with Crippen LogP contribution >= 0.6 is 0 Å². The summed E-state index contributed by atoms with van der Waals surface area (Å²) in [6, 6.07) is 21.5. The van der Waals surface area contributed by atoms with Gasteiger partial charge >= 0.3 is 5.97 Å². The highest BCUT2D eigenvalue weighted by Crippen LogP contribution is 2.63. The number of aldehydes is 1. The average Bonchev–Trinajstić information content (AvgIpc) is 3.14. The van der Waals surface area contributed by atoms with Crippen LogP contribution in [0.4, 0.5) is 5.69 Å². The topological polar surface area (TPSA) is 80.8 Å². The van der Waals surface area contributed by atoms with Crippen molar-refractivity contribution in [3.63, 3.8) is 0 Å². The van der Waals surface area contributed by atoms with Crippen LogP contribution in [0, 0.1) is 11.8 Å². The number of nitrogens with zero attached hydrogens (tertiary/aromatic N) is 1. The van der Waals surface area contributed by atoms with Gasteiger partial charge in [0, 0.05) is 5.92 Å². The van der Waals surface area contributed by atoms with Gasteiger partial charge in [-0.05, 0) is 40.5 Å². The van der Waals surface area contributed by atoms with Crippen molar-refractivity contribution < 1.29 is 23.9 Å². The second-order valence-electron chi connectivity index (χ2n) is 8.70. The molecule has 7 rings (SSSR count). The minimum Gasteiger partial charge on any atom is -0.465 e. The second kappa shape index (κ2) is 6.72. The van der Waals surface area contributed by atoms with E-state index >= 15 is 0 Å². The van der Waals surface area contributed by atoms with Crippen LogP contribution in [0.1, 0.15) is 38.5 Å². The number of carbonyl (C=O) groups is 4. The van der Waals surface area contributed by atoms with Crippen molar-refractivity contribution in [2.75, 3.05) is 12.0 Å². The number of ether oxygens (including phenoxy) is 1. The predicted octanol–water partition coefficient (Wildman–Crippen LogP) is 3.22. The number of rotatable bonds is 3. The lowest BCUT2D eigenvalue weighted by Crippen LogP contribution is -2.54. The number of methoxy groups -OCH3 is 1. The molecule has 2 atom stereocenters.